The van der Waals surface area contributed by atoms with Gasteiger partial charge in [0, 0.05) is 16.6 Å². The normalized spacial score (nSPS) is 17.2. The molecule has 1 aromatic carbocycles. The van der Waals surface area contributed by atoms with Crippen molar-refractivity contribution in [3.05, 3.63) is 51.7 Å². The van der Waals surface area contributed by atoms with Crippen molar-refractivity contribution in [2.24, 2.45) is 0 Å². The van der Waals surface area contributed by atoms with Gasteiger partial charge in [-0.2, -0.15) is 0 Å². The average molecular weight is 372 g/mol. The number of rotatable bonds is 6. The Balaban J connectivity index is 1.48. The van der Waals surface area contributed by atoms with Crippen LogP contribution >= 0.6 is 11.3 Å². The second-order valence-corrected chi connectivity index (χ2v) is 7.70. The number of amides is 2. The quantitative estimate of drug-likeness (QED) is 0.819. The number of hydrogen-bond acceptors (Lipinski definition) is 4. The van der Waals surface area contributed by atoms with Gasteiger partial charge in [0.2, 0.25) is 11.8 Å². The molecule has 1 aliphatic rings. The zero-order chi connectivity index (χ0) is 18.5. The highest BCUT2D eigenvalue weighted by Gasteiger charge is 2.28. The highest BCUT2D eigenvalue weighted by Crippen LogP contribution is 2.33. The fourth-order valence-corrected chi connectivity index (χ4v) is 4.21. The van der Waals surface area contributed by atoms with Gasteiger partial charge < -0.3 is 10.6 Å². The molecule has 1 atom stereocenters. The molecule has 3 rings (SSSR count). The summed E-state index contributed by atoms with van der Waals surface area (Å²) in [5.41, 5.74) is 2.96. The maximum absolute atomic E-state index is 12.3. The SMILES string of the molecule is Cc1cccc(NC(=O)CNC(=O)CN2CCCC2c2cccs2)c1C. The van der Waals surface area contributed by atoms with Crippen LogP contribution in [-0.4, -0.2) is 36.3 Å². The molecule has 2 N–H and O–H groups in total. The molecule has 1 fully saturated rings. The van der Waals surface area contributed by atoms with E-state index in [4.69, 9.17) is 0 Å². The molecule has 26 heavy (non-hydrogen) atoms. The molecule has 1 aliphatic heterocycles. The van der Waals surface area contributed by atoms with Crippen LogP contribution < -0.4 is 10.6 Å². The van der Waals surface area contributed by atoms with E-state index in [9.17, 15) is 9.59 Å². The van der Waals surface area contributed by atoms with E-state index >= 15 is 0 Å². The van der Waals surface area contributed by atoms with Crippen LogP contribution in [0.1, 0.15) is 34.9 Å². The van der Waals surface area contributed by atoms with Crippen LogP contribution in [0.15, 0.2) is 35.7 Å². The summed E-state index contributed by atoms with van der Waals surface area (Å²) in [4.78, 5) is 27.9. The molecular formula is C20H25N3O2S. The van der Waals surface area contributed by atoms with Crippen molar-refractivity contribution >= 4 is 28.8 Å². The first-order valence-electron chi connectivity index (χ1n) is 8.95. The summed E-state index contributed by atoms with van der Waals surface area (Å²) in [5, 5.41) is 7.68. The maximum atomic E-state index is 12.3. The van der Waals surface area contributed by atoms with Crippen LogP contribution in [0.3, 0.4) is 0 Å². The van der Waals surface area contributed by atoms with Crippen LogP contribution in [-0.2, 0) is 9.59 Å². The van der Waals surface area contributed by atoms with Gasteiger partial charge in [-0.3, -0.25) is 14.5 Å². The lowest BCUT2D eigenvalue weighted by Crippen LogP contribution is -2.40. The minimum Gasteiger partial charge on any atom is -0.346 e. The summed E-state index contributed by atoms with van der Waals surface area (Å²) in [6.45, 7) is 5.22. The van der Waals surface area contributed by atoms with Crippen LogP contribution in [0.5, 0.6) is 0 Å². The Morgan fingerprint density at radius 1 is 1.19 bits per heavy atom. The van der Waals surface area contributed by atoms with Gasteiger partial charge in [-0.1, -0.05) is 18.2 Å². The molecule has 2 amide bonds. The molecule has 1 saturated heterocycles. The third-order valence-corrected chi connectivity index (χ3v) is 5.88. The molecule has 0 radical (unpaired) electrons. The first kappa shape index (κ1) is 18.6. The lowest BCUT2D eigenvalue weighted by Gasteiger charge is -2.22. The van der Waals surface area contributed by atoms with Crippen molar-refractivity contribution in [1.82, 2.24) is 10.2 Å². The highest BCUT2D eigenvalue weighted by molar-refractivity contribution is 7.10. The minimum absolute atomic E-state index is 0.0102. The molecule has 0 aliphatic carbocycles. The van der Waals surface area contributed by atoms with Crippen molar-refractivity contribution in [1.29, 1.82) is 0 Å². The Morgan fingerprint density at radius 2 is 2.04 bits per heavy atom. The van der Waals surface area contributed by atoms with Crippen molar-refractivity contribution in [2.75, 3.05) is 25.0 Å². The van der Waals surface area contributed by atoms with Gasteiger partial charge in [-0.25, -0.2) is 0 Å². The number of thiophene rings is 1. The molecule has 2 heterocycles. The van der Waals surface area contributed by atoms with E-state index in [2.05, 4.69) is 27.0 Å². The lowest BCUT2D eigenvalue weighted by molar-refractivity contribution is -0.125. The Morgan fingerprint density at radius 3 is 2.81 bits per heavy atom. The molecule has 6 heteroatoms. The van der Waals surface area contributed by atoms with Gasteiger partial charge in [0.25, 0.3) is 0 Å². The van der Waals surface area contributed by atoms with Crippen LogP contribution in [0.2, 0.25) is 0 Å². The van der Waals surface area contributed by atoms with E-state index in [1.54, 1.807) is 11.3 Å². The van der Waals surface area contributed by atoms with E-state index < -0.39 is 0 Å². The van der Waals surface area contributed by atoms with Crippen molar-refractivity contribution in [3.63, 3.8) is 0 Å². The maximum Gasteiger partial charge on any atom is 0.243 e. The second-order valence-electron chi connectivity index (χ2n) is 6.72. The number of carbonyl (C=O) groups excluding carboxylic acids is 2. The Hall–Kier alpha value is -2.18. The van der Waals surface area contributed by atoms with Gasteiger partial charge in [-0.15, -0.1) is 11.3 Å². The zero-order valence-corrected chi connectivity index (χ0v) is 16.1. The number of likely N-dealkylation sites (tertiary alicyclic amines) is 1. The van der Waals surface area contributed by atoms with Gasteiger partial charge in [0.1, 0.15) is 0 Å². The van der Waals surface area contributed by atoms with Gasteiger partial charge in [0.15, 0.2) is 0 Å². The fourth-order valence-electron chi connectivity index (χ4n) is 3.32. The largest absolute Gasteiger partial charge is 0.346 e. The number of hydrogen-bond donors (Lipinski definition) is 2. The predicted octanol–water partition coefficient (Wildman–Crippen LogP) is 3.26. The molecule has 0 saturated carbocycles. The number of nitrogens with zero attached hydrogens (tertiary/aromatic N) is 1. The first-order valence-corrected chi connectivity index (χ1v) is 9.83. The molecule has 1 unspecified atom stereocenters. The molecule has 2 aromatic rings. The smallest absolute Gasteiger partial charge is 0.243 e. The standard InChI is InChI=1S/C20H25N3O2S/c1-14-6-3-7-16(15(14)2)22-19(24)12-21-20(25)13-23-10-4-8-17(23)18-9-5-11-26-18/h3,5-7,9,11,17H,4,8,10,12-13H2,1-2H3,(H,21,25)(H,22,24). The number of aryl methyl sites for hydroxylation is 1. The van der Waals surface area contributed by atoms with Crippen LogP contribution in [0.4, 0.5) is 5.69 Å². The summed E-state index contributed by atoms with van der Waals surface area (Å²) < 4.78 is 0. The van der Waals surface area contributed by atoms with Gasteiger partial charge in [0.05, 0.1) is 13.1 Å². The predicted molar refractivity (Wildman–Crippen MR) is 105 cm³/mol. The Labute approximate surface area is 158 Å². The summed E-state index contributed by atoms with van der Waals surface area (Å²) in [6.07, 6.45) is 2.18. The van der Waals surface area contributed by atoms with Crippen molar-refractivity contribution in [2.45, 2.75) is 32.7 Å². The van der Waals surface area contributed by atoms with Crippen molar-refractivity contribution < 1.29 is 9.59 Å². The van der Waals surface area contributed by atoms with E-state index in [0.717, 1.165) is 36.2 Å². The monoisotopic (exact) mass is 371 g/mol. The van der Waals surface area contributed by atoms with Gasteiger partial charge >= 0.3 is 0 Å². The molecule has 1 aromatic heterocycles. The summed E-state index contributed by atoms with van der Waals surface area (Å²) in [6, 6.07) is 10.3. The number of carbonyl (C=O) groups is 2. The minimum atomic E-state index is -0.205. The third-order valence-electron chi connectivity index (χ3n) is 4.91. The Kier molecular flexibility index (Phi) is 6.06. The number of benzene rings is 1. The van der Waals surface area contributed by atoms with Gasteiger partial charge in [-0.05, 0) is 61.9 Å². The number of anilines is 1. The summed E-state index contributed by atoms with van der Waals surface area (Å²) in [7, 11) is 0. The third kappa shape index (κ3) is 4.51. The summed E-state index contributed by atoms with van der Waals surface area (Å²) >= 11 is 1.74. The topological polar surface area (TPSA) is 61.4 Å². The molecule has 138 valence electrons. The number of nitrogens with one attached hydrogen (secondary N) is 2. The summed E-state index contributed by atoms with van der Waals surface area (Å²) in [5.74, 6) is -0.312. The Bertz CT molecular complexity index is 773. The molecular weight excluding hydrogens is 346 g/mol. The second kappa shape index (κ2) is 8.47. The van der Waals surface area contributed by atoms with E-state index in [-0.39, 0.29) is 18.4 Å². The van der Waals surface area contributed by atoms with Crippen molar-refractivity contribution in [3.8, 4) is 0 Å². The van der Waals surface area contributed by atoms with Crippen LogP contribution in [0, 0.1) is 13.8 Å². The fraction of sp³-hybridized carbons (Fsp3) is 0.400. The van der Waals surface area contributed by atoms with Crippen LogP contribution in [0.25, 0.3) is 0 Å². The van der Waals surface area contributed by atoms with E-state index in [0.29, 0.717) is 12.6 Å². The molecule has 5 nitrogen and oxygen atoms in total. The molecule has 0 bridgehead atoms. The zero-order valence-electron chi connectivity index (χ0n) is 15.2. The van der Waals surface area contributed by atoms with E-state index in [1.807, 2.05) is 38.1 Å². The first-order chi connectivity index (χ1) is 12.5. The van der Waals surface area contributed by atoms with E-state index in [1.165, 1.54) is 4.88 Å². The highest BCUT2D eigenvalue weighted by atomic mass is 32.1. The lowest BCUT2D eigenvalue weighted by atomic mass is 10.1. The molecule has 0 spiro atoms. The average Bonchev–Trinajstić information content (AvgIpc) is 3.28.